The molecule has 98 valence electrons. The second-order valence-electron chi connectivity index (χ2n) is 5.07. The molecule has 0 radical (unpaired) electrons. The summed E-state index contributed by atoms with van der Waals surface area (Å²) >= 11 is 0. The number of benzene rings is 1. The summed E-state index contributed by atoms with van der Waals surface area (Å²) in [4.78, 5) is 6.65. The van der Waals surface area contributed by atoms with Crippen molar-refractivity contribution in [2.75, 3.05) is 18.0 Å². The second kappa shape index (κ2) is 5.41. The van der Waals surface area contributed by atoms with Crippen LogP contribution in [0.1, 0.15) is 12.8 Å². The average molecular weight is 254 g/mol. The van der Waals surface area contributed by atoms with Gasteiger partial charge in [0.25, 0.3) is 0 Å². The monoisotopic (exact) mass is 254 g/mol. The Labute approximate surface area is 114 Å². The van der Waals surface area contributed by atoms with E-state index in [1.54, 1.807) is 6.20 Å². The van der Waals surface area contributed by atoms with Crippen molar-refractivity contribution in [3.8, 4) is 11.1 Å². The van der Waals surface area contributed by atoms with Crippen LogP contribution in [-0.4, -0.2) is 24.1 Å². The molecule has 0 bridgehead atoms. The van der Waals surface area contributed by atoms with E-state index in [9.17, 15) is 0 Å². The van der Waals surface area contributed by atoms with E-state index in [0.717, 1.165) is 13.1 Å². The number of aromatic nitrogens is 1. The Kier molecular flexibility index (Phi) is 3.47. The molecule has 0 saturated carbocycles. The molecule has 1 aromatic heterocycles. The third-order valence-corrected chi connectivity index (χ3v) is 3.90. The molecule has 3 heteroatoms. The molecule has 2 heterocycles. The summed E-state index contributed by atoms with van der Waals surface area (Å²) in [6.07, 6.45) is 6.27. The normalized spacial score (nSPS) is 18.8. The molecule has 1 saturated heterocycles. The molecule has 1 atom stereocenters. The minimum Gasteiger partial charge on any atom is -0.363 e. The molecule has 3 nitrogen and oxygen atoms in total. The molecule has 0 spiro atoms. The minimum absolute atomic E-state index is 0.615. The Hall–Kier alpha value is -1.87. The van der Waals surface area contributed by atoms with Crippen LogP contribution in [0, 0.1) is 0 Å². The zero-order chi connectivity index (χ0) is 13.1. The van der Waals surface area contributed by atoms with Gasteiger partial charge in [-0.25, -0.2) is 0 Å². The number of anilines is 1. The van der Waals surface area contributed by atoms with Crippen LogP contribution in [0.2, 0.25) is 0 Å². The highest BCUT2D eigenvalue weighted by molar-refractivity contribution is 5.65. The fraction of sp³-hybridized carbons (Fsp3) is 0.312. The van der Waals surface area contributed by atoms with E-state index in [1.807, 2.05) is 12.3 Å². The van der Waals surface area contributed by atoms with Gasteiger partial charge >= 0.3 is 0 Å². The van der Waals surface area contributed by atoms with Gasteiger partial charge in [-0.2, -0.15) is 0 Å². The quantitative estimate of drug-likeness (QED) is 0.910. The first-order valence-electron chi connectivity index (χ1n) is 6.95. The Bertz CT molecular complexity index is 521. The summed E-state index contributed by atoms with van der Waals surface area (Å²) in [6.45, 7) is 2.15. The van der Waals surface area contributed by atoms with E-state index in [1.165, 1.54) is 29.7 Å². The molecular formula is C16H20N3+. The Balaban J connectivity index is 1.83. The first-order valence-corrected chi connectivity index (χ1v) is 6.95. The van der Waals surface area contributed by atoms with Gasteiger partial charge in [0.1, 0.15) is 0 Å². The number of pyridine rings is 1. The topological polar surface area (TPSA) is 43.8 Å². The number of nitrogens with zero attached hydrogens (tertiary/aromatic N) is 2. The van der Waals surface area contributed by atoms with Gasteiger partial charge in [-0.15, -0.1) is 0 Å². The lowest BCUT2D eigenvalue weighted by Crippen LogP contribution is -2.58. The zero-order valence-electron chi connectivity index (χ0n) is 11.1. The molecule has 3 rings (SSSR count). The van der Waals surface area contributed by atoms with Crippen molar-refractivity contribution >= 4 is 5.69 Å². The maximum absolute atomic E-state index is 4.17. The highest BCUT2D eigenvalue weighted by Gasteiger charge is 2.24. The standard InChI is InChI=1S/C16H19N3/c17-11-16-4-2-10-19(16)15-7-5-13(6-8-15)14-3-1-9-18-12-14/h1,3,5-9,12,16H,2,4,10-11,17H2/p+1. The van der Waals surface area contributed by atoms with Crippen LogP contribution in [-0.2, 0) is 0 Å². The van der Waals surface area contributed by atoms with Gasteiger partial charge in [0.2, 0.25) is 0 Å². The molecule has 3 N–H and O–H groups in total. The summed E-state index contributed by atoms with van der Waals surface area (Å²) in [5.74, 6) is 0. The Morgan fingerprint density at radius 2 is 2.00 bits per heavy atom. The maximum atomic E-state index is 4.17. The number of hydrogen-bond acceptors (Lipinski definition) is 2. The molecule has 1 aliphatic heterocycles. The van der Waals surface area contributed by atoms with Gasteiger partial charge in [0.15, 0.2) is 0 Å². The summed E-state index contributed by atoms with van der Waals surface area (Å²) < 4.78 is 0. The zero-order valence-corrected chi connectivity index (χ0v) is 11.1. The third kappa shape index (κ3) is 2.47. The maximum Gasteiger partial charge on any atom is 0.0946 e. The van der Waals surface area contributed by atoms with Crippen LogP contribution in [0.25, 0.3) is 11.1 Å². The SMILES string of the molecule is [NH3+]CC1CCCN1c1ccc(-c2cccnc2)cc1. The summed E-state index contributed by atoms with van der Waals surface area (Å²) in [7, 11) is 0. The Morgan fingerprint density at radius 1 is 1.16 bits per heavy atom. The highest BCUT2D eigenvalue weighted by atomic mass is 15.2. The van der Waals surface area contributed by atoms with Gasteiger partial charge in [-0.1, -0.05) is 18.2 Å². The van der Waals surface area contributed by atoms with Crippen LogP contribution >= 0.6 is 0 Å². The number of rotatable bonds is 3. The highest BCUT2D eigenvalue weighted by Crippen LogP contribution is 2.27. The van der Waals surface area contributed by atoms with Gasteiger partial charge in [-0.3, -0.25) is 4.98 Å². The lowest BCUT2D eigenvalue weighted by Gasteiger charge is -2.24. The van der Waals surface area contributed by atoms with Crippen molar-refractivity contribution in [2.24, 2.45) is 0 Å². The lowest BCUT2D eigenvalue weighted by atomic mass is 10.1. The average Bonchev–Trinajstić information content (AvgIpc) is 2.97. The van der Waals surface area contributed by atoms with Gasteiger partial charge < -0.3 is 10.6 Å². The van der Waals surface area contributed by atoms with Crippen molar-refractivity contribution in [3.63, 3.8) is 0 Å². The predicted molar refractivity (Wildman–Crippen MR) is 77.8 cm³/mol. The van der Waals surface area contributed by atoms with Gasteiger partial charge in [0.05, 0.1) is 12.6 Å². The van der Waals surface area contributed by atoms with Crippen LogP contribution < -0.4 is 10.6 Å². The van der Waals surface area contributed by atoms with Crippen LogP contribution in [0.4, 0.5) is 5.69 Å². The first kappa shape index (κ1) is 12.2. The molecular weight excluding hydrogens is 234 g/mol. The van der Waals surface area contributed by atoms with E-state index in [2.05, 4.69) is 45.9 Å². The van der Waals surface area contributed by atoms with E-state index in [0.29, 0.717) is 6.04 Å². The molecule has 0 aliphatic carbocycles. The summed E-state index contributed by atoms with van der Waals surface area (Å²) in [6, 6.07) is 13.5. The van der Waals surface area contributed by atoms with Crippen molar-refractivity contribution in [3.05, 3.63) is 48.8 Å². The van der Waals surface area contributed by atoms with E-state index in [-0.39, 0.29) is 0 Å². The van der Waals surface area contributed by atoms with Crippen LogP contribution in [0.3, 0.4) is 0 Å². The van der Waals surface area contributed by atoms with E-state index >= 15 is 0 Å². The van der Waals surface area contributed by atoms with E-state index < -0.39 is 0 Å². The number of hydrogen-bond donors (Lipinski definition) is 1. The smallest absolute Gasteiger partial charge is 0.0946 e. The van der Waals surface area contributed by atoms with Crippen molar-refractivity contribution in [1.82, 2.24) is 4.98 Å². The lowest BCUT2D eigenvalue weighted by molar-refractivity contribution is -0.370. The fourth-order valence-electron chi connectivity index (χ4n) is 2.85. The molecule has 1 unspecified atom stereocenters. The molecule has 1 aliphatic rings. The third-order valence-electron chi connectivity index (χ3n) is 3.90. The van der Waals surface area contributed by atoms with Crippen molar-refractivity contribution in [1.29, 1.82) is 0 Å². The first-order chi connectivity index (χ1) is 9.38. The molecule has 1 fully saturated rings. The van der Waals surface area contributed by atoms with E-state index in [4.69, 9.17) is 0 Å². The summed E-state index contributed by atoms with van der Waals surface area (Å²) in [5, 5.41) is 0. The summed E-state index contributed by atoms with van der Waals surface area (Å²) in [5.41, 5.74) is 7.77. The molecule has 1 aromatic carbocycles. The van der Waals surface area contributed by atoms with Crippen LogP contribution in [0.15, 0.2) is 48.8 Å². The molecule has 2 aromatic rings. The predicted octanol–water partition coefficient (Wildman–Crippen LogP) is 1.96. The Morgan fingerprint density at radius 3 is 2.68 bits per heavy atom. The van der Waals surface area contributed by atoms with Crippen molar-refractivity contribution in [2.45, 2.75) is 18.9 Å². The molecule has 0 amide bonds. The largest absolute Gasteiger partial charge is 0.363 e. The second-order valence-corrected chi connectivity index (χ2v) is 5.07. The fourth-order valence-corrected chi connectivity index (χ4v) is 2.85. The number of quaternary nitrogens is 1. The minimum atomic E-state index is 0.615. The van der Waals surface area contributed by atoms with Crippen LogP contribution in [0.5, 0.6) is 0 Å². The van der Waals surface area contributed by atoms with Gasteiger partial charge in [0, 0.05) is 24.6 Å². The van der Waals surface area contributed by atoms with Gasteiger partial charge in [-0.05, 0) is 42.2 Å². The van der Waals surface area contributed by atoms with Crippen molar-refractivity contribution < 1.29 is 5.73 Å². The molecule has 19 heavy (non-hydrogen) atoms.